The number of aryl methyl sites for hydroxylation is 1. The summed E-state index contributed by atoms with van der Waals surface area (Å²) < 4.78 is 18.5. The molecular formula is C25H25FN2O3. The molecule has 160 valence electrons. The van der Waals surface area contributed by atoms with Crippen LogP contribution in [0.25, 0.3) is 0 Å². The molecule has 3 rings (SSSR count). The van der Waals surface area contributed by atoms with Crippen LogP contribution in [0.4, 0.5) is 4.39 Å². The van der Waals surface area contributed by atoms with Gasteiger partial charge in [0.25, 0.3) is 5.91 Å². The fourth-order valence-electron chi connectivity index (χ4n) is 3.27. The molecule has 0 heterocycles. The summed E-state index contributed by atoms with van der Waals surface area (Å²) >= 11 is 0. The maximum absolute atomic E-state index is 13.3. The number of benzene rings is 3. The van der Waals surface area contributed by atoms with Gasteiger partial charge in [-0.05, 0) is 60.4 Å². The third-order valence-electron chi connectivity index (χ3n) is 5.01. The zero-order valence-corrected chi connectivity index (χ0v) is 17.5. The van der Waals surface area contributed by atoms with E-state index in [1.54, 1.807) is 31.4 Å². The van der Waals surface area contributed by atoms with Gasteiger partial charge < -0.3 is 15.4 Å². The third kappa shape index (κ3) is 6.15. The molecule has 0 radical (unpaired) electrons. The van der Waals surface area contributed by atoms with Crippen LogP contribution in [0.2, 0.25) is 0 Å². The molecule has 1 unspecified atom stereocenters. The maximum atomic E-state index is 13.3. The minimum Gasteiger partial charge on any atom is -0.497 e. The average Bonchev–Trinajstić information content (AvgIpc) is 2.79. The Morgan fingerprint density at radius 3 is 2.29 bits per heavy atom. The first kappa shape index (κ1) is 22.0. The second-order valence-electron chi connectivity index (χ2n) is 7.22. The van der Waals surface area contributed by atoms with E-state index < -0.39 is 0 Å². The first-order valence-corrected chi connectivity index (χ1v) is 9.98. The summed E-state index contributed by atoms with van der Waals surface area (Å²) in [6.07, 6.45) is 0.476. The van der Waals surface area contributed by atoms with Crippen LogP contribution in [0.5, 0.6) is 5.75 Å². The lowest BCUT2D eigenvalue weighted by molar-refractivity contribution is -0.120. The van der Waals surface area contributed by atoms with E-state index in [4.69, 9.17) is 4.74 Å². The highest BCUT2D eigenvalue weighted by molar-refractivity contribution is 5.97. The number of carbonyl (C=O) groups is 2. The van der Waals surface area contributed by atoms with Crippen molar-refractivity contribution < 1.29 is 18.7 Å². The molecule has 6 heteroatoms. The van der Waals surface area contributed by atoms with E-state index >= 15 is 0 Å². The lowest BCUT2D eigenvalue weighted by Crippen LogP contribution is -2.39. The van der Waals surface area contributed by atoms with Crippen LogP contribution in [-0.4, -0.2) is 25.5 Å². The van der Waals surface area contributed by atoms with Crippen molar-refractivity contribution in [1.29, 1.82) is 0 Å². The van der Waals surface area contributed by atoms with E-state index in [0.717, 1.165) is 16.7 Å². The largest absolute Gasteiger partial charge is 0.497 e. The SMILES string of the molecule is COc1ccc(C(Cc2ccc(F)cc2)NC(=O)CNC(=O)c2ccccc2C)cc1. The lowest BCUT2D eigenvalue weighted by Gasteiger charge is -2.20. The van der Waals surface area contributed by atoms with Gasteiger partial charge in [-0.3, -0.25) is 9.59 Å². The quantitative estimate of drug-likeness (QED) is 0.579. The Morgan fingerprint density at radius 1 is 0.968 bits per heavy atom. The van der Waals surface area contributed by atoms with Crippen LogP contribution >= 0.6 is 0 Å². The predicted octanol–water partition coefficient (Wildman–Crippen LogP) is 3.97. The van der Waals surface area contributed by atoms with E-state index in [-0.39, 0.29) is 30.2 Å². The smallest absolute Gasteiger partial charge is 0.251 e. The highest BCUT2D eigenvalue weighted by Gasteiger charge is 2.17. The molecule has 2 amide bonds. The monoisotopic (exact) mass is 420 g/mol. The number of hydrogen-bond acceptors (Lipinski definition) is 3. The molecule has 0 spiro atoms. The summed E-state index contributed by atoms with van der Waals surface area (Å²) in [5.41, 5.74) is 3.14. The second-order valence-corrected chi connectivity index (χ2v) is 7.22. The Balaban J connectivity index is 1.69. The first-order chi connectivity index (χ1) is 15.0. The molecule has 5 nitrogen and oxygen atoms in total. The van der Waals surface area contributed by atoms with Crippen molar-refractivity contribution in [3.05, 3.63) is 101 Å². The van der Waals surface area contributed by atoms with Gasteiger partial charge in [0.2, 0.25) is 5.91 Å². The molecule has 31 heavy (non-hydrogen) atoms. The second kappa shape index (κ2) is 10.4. The molecule has 0 aliphatic carbocycles. The number of rotatable bonds is 8. The van der Waals surface area contributed by atoms with E-state index in [1.807, 2.05) is 43.3 Å². The average molecular weight is 420 g/mol. The zero-order valence-electron chi connectivity index (χ0n) is 17.5. The summed E-state index contributed by atoms with van der Waals surface area (Å²) in [6, 6.07) is 20.4. The van der Waals surface area contributed by atoms with Crippen LogP contribution in [0.15, 0.2) is 72.8 Å². The van der Waals surface area contributed by atoms with Gasteiger partial charge >= 0.3 is 0 Å². The van der Waals surface area contributed by atoms with Crippen molar-refractivity contribution in [2.75, 3.05) is 13.7 Å². The summed E-state index contributed by atoms with van der Waals surface area (Å²) in [6.45, 7) is 1.70. The minimum atomic E-state index is -0.348. The van der Waals surface area contributed by atoms with Gasteiger partial charge in [0.05, 0.1) is 19.7 Å². The van der Waals surface area contributed by atoms with E-state index in [1.165, 1.54) is 12.1 Å². The molecule has 0 aliphatic rings. The Labute approximate surface area is 181 Å². The topological polar surface area (TPSA) is 67.4 Å². The molecule has 0 saturated heterocycles. The molecular weight excluding hydrogens is 395 g/mol. The summed E-state index contributed by atoms with van der Waals surface area (Å²) in [5.74, 6) is -0.216. The van der Waals surface area contributed by atoms with E-state index in [2.05, 4.69) is 10.6 Å². The predicted molar refractivity (Wildman–Crippen MR) is 117 cm³/mol. The van der Waals surface area contributed by atoms with Crippen molar-refractivity contribution in [2.45, 2.75) is 19.4 Å². The van der Waals surface area contributed by atoms with Gasteiger partial charge in [0.15, 0.2) is 0 Å². The number of ether oxygens (including phenoxy) is 1. The van der Waals surface area contributed by atoms with Gasteiger partial charge in [-0.25, -0.2) is 4.39 Å². The first-order valence-electron chi connectivity index (χ1n) is 9.98. The van der Waals surface area contributed by atoms with Crippen LogP contribution in [0, 0.1) is 12.7 Å². The third-order valence-corrected chi connectivity index (χ3v) is 5.01. The van der Waals surface area contributed by atoms with Crippen molar-refractivity contribution in [1.82, 2.24) is 10.6 Å². The van der Waals surface area contributed by atoms with Gasteiger partial charge in [-0.2, -0.15) is 0 Å². The highest BCUT2D eigenvalue weighted by atomic mass is 19.1. The summed E-state index contributed by atoms with van der Waals surface area (Å²) in [5, 5.41) is 5.63. The molecule has 2 N–H and O–H groups in total. The fourth-order valence-corrected chi connectivity index (χ4v) is 3.27. The molecule has 0 saturated carbocycles. The maximum Gasteiger partial charge on any atom is 0.251 e. The van der Waals surface area contributed by atoms with E-state index in [0.29, 0.717) is 17.7 Å². The van der Waals surface area contributed by atoms with Gasteiger partial charge in [0.1, 0.15) is 11.6 Å². The Kier molecular flexibility index (Phi) is 7.38. The van der Waals surface area contributed by atoms with Crippen molar-refractivity contribution >= 4 is 11.8 Å². The van der Waals surface area contributed by atoms with Gasteiger partial charge in [0, 0.05) is 5.56 Å². The summed E-state index contributed by atoms with van der Waals surface area (Å²) in [7, 11) is 1.59. The highest BCUT2D eigenvalue weighted by Crippen LogP contribution is 2.21. The molecule has 0 aromatic heterocycles. The molecule has 0 fully saturated rings. The molecule has 0 aliphatic heterocycles. The number of carbonyl (C=O) groups excluding carboxylic acids is 2. The number of amides is 2. The molecule has 1 atom stereocenters. The normalized spacial score (nSPS) is 11.5. The molecule has 3 aromatic rings. The Morgan fingerprint density at radius 2 is 1.65 bits per heavy atom. The number of hydrogen-bond donors (Lipinski definition) is 2. The zero-order chi connectivity index (χ0) is 22.2. The van der Waals surface area contributed by atoms with Gasteiger partial charge in [-0.1, -0.05) is 42.5 Å². The van der Waals surface area contributed by atoms with Crippen LogP contribution in [0.3, 0.4) is 0 Å². The van der Waals surface area contributed by atoms with Crippen LogP contribution < -0.4 is 15.4 Å². The van der Waals surface area contributed by atoms with Crippen LogP contribution in [-0.2, 0) is 11.2 Å². The molecule has 0 bridgehead atoms. The summed E-state index contributed by atoms with van der Waals surface area (Å²) in [4.78, 5) is 25.0. The van der Waals surface area contributed by atoms with Gasteiger partial charge in [-0.15, -0.1) is 0 Å². The fraction of sp³-hybridized carbons (Fsp3) is 0.200. The number of halogens is 1. The Hall–Kier alpha value is -3.67. The van der Waals surface area contributed by atoms with Crippen molar-refractivity contribution in [2.24, 2.45) is 0 Å². The van der Waals surface area contributed by atoms with Crippen LogP contribution in [0.1, 0.15) is 33.1 Å². The number of nitrogens with one attached hydrogen (secondary N) is 2. The van der Waals surface area contributed by atoms with Crippen molar-refractivity contribution in [3.63, 3.8) is 0 Å². The Bertz CT molecular complexity index is 1030. The minimum absolute atomic E-state index is 0.150. The lowest BCUT2D eigenvalue weighted by atomic mass is 9.98. The van der Waals surface area contributed by atoms with E-state index in [9.17, 15) is 14.0 Å². The standard InChI is InChI=1S/C25H25FN2O3/c1-17-5-3-4-6-22(17)25(30)27-16-24(29)28-23(15-18-7-11-20(26)12-8-18)19-9-13-21(31-2)14-10-19/h3-14,23H,15-16H2,1-2H3,(H,27,30)(H,28,29). The van der Waals surface area contributed by atoms with Crippen molar-refractivity contribution in [3.8, 4) is 5.75 Å². The molecule has 3 aromatic carbocycles. The number of methoxy groups -OCH3 is 1.